The molecule has 3 amide bonds. The molecule has 0 atom stereocenters. The number of amides is 3. The van der Waals surface area contributed by atoms with E-state index in [9.17, 15) is 91.1 Å². The monoisotopic (exact) mass is 1920 g/mol. The summed E-state index contributed by atoms with van der Waals surface area (Å²) in [5.41, 5.74) is 0. The maximum absolute atomic E-state index is 11.0. The first-order valence-electron chi connectivity index (χ1n) is 43.5. The first kappa shape index (κ1) is 143. The van der Waals surface area contributed by atoms with Gasteiger partial charge in [0.25, 0.3) is 0 Å². The molecule has 13 N–H and O–H groups in total. The number of ether oxygens (including phenoxy) is 14. The third-order valence-electron chi connectivity index (χ3n) is 15.7. The Kier molecular flexibility index (Phi) is 129. The SMILES string of the molecule is CCC(=O)CCCCCCCC(=O)CO.CCC(=O)CCOC(=O)CO.CCCCOCCOC(=O)CO.CNC(=O)CCC(=O)CO.CNC(=O)CCCCCOC(=O)CO.COC(=O)CCCCC(=O)CO.COC(=O)CCCCCCCCC(=O)CO.COC(=O)CCCCOC(=O)CO.COC(=O)CCOCCOC(=O)CO.COC(=O)NCCOCCOC(=O)CO. The number of rotatable bonds is 69. The molecule has 0 spiro atoms. The maximum atomic E-state index is 11.0. The topological polar surface area (TPSA) is 692 Å². The van der Waals surface area contributed by atoms with Crippen molar-refractivity contribution < 1.29 is 208 Å². The van der Waals surface area contributed by atoms with Gasteiger partial charge in [-0.05, 0) is 77.0 Å². The summed E-state index contributed by atoms with van der Waals surface area (Å²) in [5.74, 6) is -5.33. The highest BCUT2D eigenvalue weighted by Crippen LogP contribution is 2.11. The number of alkyl carbamates (subject to hydrolysis) is 1. The smallest absolute Gasteiger partial charge is 0.406 e. The molecule has 0 aliphatic heterocycles. The Labute approximate surface area is 774 Å². The van der Waals surface area contributed by atoms with Gasteiger partial charge in [-0.25, -0.2) is 33.6 Å². The highest BCUT2D eigenvalue weighted by atomic mass is 16.6. The zero-order chi connectivity index (χ0) is 102. The molecule has 0 aliphatic rings. The van der Waals surface area contributed by atoms with E-state index in [2.05, 4.69) is 75.0 Å². The molecule has 0 saturated carbocycles. The average molecular weight is 1920 g/mol. The first-order chi connectivity index (χ1) is 63.1. The van der Waals surface area contributed by atoms with E-state index < -0.39 is 94.8 Å². The predicted molar refractivity (Wildman–Crippen MR) is 470 cm³/mol. The Morgan fingerprint density at radius 2 is 0.477 bits per heavy atom. The fourth-order valence-electron chi connectivity index (χ4n) is 8.15. The van der Waals surface area contributed by atoms with E-state index in [1.165, 1.54) is 42.6 Å². The van der Waals surface area contributed by atoms with Crippen molar-refractivity contribution in [2.75, 3.05) is 202 Å². The van der Waals surface area contributed by atoms with E-state index in [0.717, 1.165) is 103 Å². The van der Waals surface area contributed by atoms with Gasteiger partial charge in [0.2, 0.25) is 11.8 Å². The summed E-state index contributed by atoms with van der Waals surface area (Å²) in [5, 5.41) is 90.5. The van der Waals surface area contributed by atoms with Crippen LogP contribution in [0.15, 0.2) is 0 Å². The summed E-state index contributed by atoms with van der Waals surface area (Å²) in [6.07, 6.45) is 22.9. The molecular formula is C86H157N3O43. The molecule has 46 nitrogen and oxygen atoms in total. The van der Waals surface area contributed by atoms with Crippen molar-refractivity contribution >= 4 is 112 Å². The fourth-order valence-corrected chi connectivity index (χ4v) is 8.15. The van der Waals surface area contributed by atoms with Crippen molar-refractivity contribution in [2.24, 2.45) is 0 Å². The Morgan fingerprint density at radius 3 is 0.818 bits per heavy atom. The van der Waals surface area contributed by atoms with Gasteiger partial charge in [0.1, 0.15) is 97.5 Å². The van der Waals surface area contributed by atoms with E-state index in [0.29, 0.717) is 129 Å². The minimum atomic E-state index is -0.693. The lowest BCUT2D eigenvalue weighted by molar-refractivity contribution is -0.149. The number of aliphatic hydroxyl groups excluding tert-OH is 10. The number of ketones is 6. The van der Waals surface area contributed by atoms with Crippen LogP contribution in [0.4, 0.5) is 4.79 Å². The van der Waals surface area contributed by atoms with Gasteiger partial charge in [0, 0.05) is 111 Å². The summed E-state index contributed by atoms with van der Waals surface area (Å²) in [6, 6.07) is 0. The van der Waals surface area contributed by atoms with E-state index >= 15 is 0 Å². The second-order valence-electron chi connectivity index (χ2n) is 26.5. The summed E-state index contributed by atoms with van der Waals surface area (Å²) in [7, 11) is 9.74. The minimum Gasteiger partial charge on any atom is -0.469 e. The van der Waals surface area contributed by atoms with E-state index in [-0.39, 0.29) is 156 Å². The normalized spacial score (nSPS) is 9.64. The van der Waals surface area contributed by atoms with Gasteiger partial charge in [-0.2, -0.15) is 0 Å². The second kappa shape index (κ2) is 119. The van der Waals surface area contributed by atoms with Crippen LogP contribution in [-0.2, 0) is 153 Å². The maximum Gasteiger partial charge on any atom is 0.406 e. The molecule has 0 aromatic heterocycles. The molecule has 0 aromatic rings. The molecule has 774 valence electrons. The van der Waals surface area contributed by atoms with Crippen LogP contribution in [0, 0.1) is 0 Å². The first-order valence-corrected chi connectivity index (χ1v) is 43.5. The molecule has 0 aromatic carbocycles. The molecular weight excluding hydrogens is 1760 g/mol. The van der Waals surface area contributed by atoms with Gasteiger partial charge >= 0.3 is 65.8 Å². The van der Waals surface area contributed by atoms with Crippen LogP contribution >= 0.6 is 0 Å². The molecule has 46 heteroatoms. The summed E-state index contributed by atoms with van der Waals surface area (Å²) in [4.78, 5) is 201. The van der Waals surface area contributed by atoms with Crippen molar-refractivity contribution in [3.05, 3.63) is 0 Å². The van der Waals surface area contributed by atoms with Crippen molar-refractivity contribution in [3.8, 4) is 0 Å². The predicted octanol–water partition coefficient (Wildman–Crippen LogP) is 1.37. The van der Waals surface area contributed by atoms with Crippen LogP contribution in [0.2, 0.25) is 0 Å². The van der Waals surface area contributed by atoms with Gasteiger partial charge < -0.3 is 133 Å². The van der Waals surface area contributed by atoms with Gasteiger partial charge in [-0.15, -0.1) is 0 Å². The minimum absolute atomic E-state index is 0.0253. The number of esters is 10. The number of nitrogens with one attached hydrogen (secondary N) is 3. The lowest BCUT2D eigenvalue weighted by atomic mass is 10.1. The van der Waals surface area contributed by atoms with Crippen LogP contribution in [0.3, 0.4) is 0 Å². The summed E-state index contributed by atoms with van der Waals surface area (Å²) >= 11 is 0. The third-order valence-corrected chi connectivity index (χ3v) is 15.7. The molecule has 0 radical (unpaired) electrons. The zero-order valence-electron chi connectivity index (χ0n) is 79.2. The number of aliphatic hydroxyl groups is 10. The lowest BCUT2D eigenvalue weighted by Gasteiger charge is -2.05. The highest BCUT2D eigenvalue weighted by Gasteiger charge is 2.10. The van der Waals surface area contributed by atoms with Crippen LogP contribution < -0.4 is 16.0 Å². The van der Waals surface area contributed by atoms with E-state index in [4.69, 9.17) is 65.3 Å². The zero-order valence-corrected chi connectivity index (χ0v) is 79.2. The molecule has 0 fully saturated rings. The second-order valence-corrected chi connectivity index (χ2v) is 26.5. The average Bonchev–Trinajstić information content (AvgIpc) is 1.03. The number of unbranched alkanes of at least 4 members (excludes halogenated alkanes) is 14. The molecule has 132 heavy (non-hydrogen) atoms. The standard InChI is InChI=1S/C12H22O4.C12H22O3.C9H17NO4.C8H15NO6.C8H14O6.C8H14O5.C8H14O4.C8H16O4.C7H12O4.C6H11NO3/c1-16-12(15)9-7-5-3-2-4-6-8-11(14)10-13;1-2-11(14)8-6-4-3-5-7-9-12(15)10-13;1-10-8(12)5-3-2-4-6-14-9(13)7-11;1-13-8(12)9-2-3-14-4-5-15-7(11)6-10;1-12-7(10)2-3-13-4-5-14-8(11)6-9;1-12-7(10)4-2-3-5-13-8(11)6-9;1-12-8(11)5-3-2-4-7(10)6-9;1-2-3-4-11-5-6-12-8(10)7-9;1-2-6(9)3-4-11-7(10)5-8;1-7-6(10)3-2-5(9)4-8/h13H,2-10H2,1H3;13H,2-10H2,1H3;11H,2-7H2,1H3,(H,10,12);10H,2-6H2,1H3,(H,9,12);9H,2-6H2,1H3;9H,2-6H2,1H3;9H,2-6H2,1H3;9H,2-7H2,1H3;8H,2-5H2,1H3;8H,2-4H2,1H3,(H,7,10). The van der Waals surface area contributed by atoms with Crippen LogP contribution in [0.5, 0.6) is 0 Å². The van der Waals surface area contributed by atoms with Crippen LogP contribution in [0.25, 0.3) is 0 Å². The number of Topliss-reactive ketones (excluding diaryl/α,β-unsaturated/α-hetero) is 6. The van der Waals surface area contributed by atoms with Crippen molar-refractivity contribution in [2.45, 2.75) is 239 Å². The molecule has 0 unspecified atom stereocenters. The highest BCUT2D eigenvalue weighted by molar-refractivity contribution is 5.85. The van der Waals surface area contributed by atoms with Gasteiger partial charge in [0.05, 0.1) is 94.8 Å². The molecule has 0 rings (SSSR count). The summed E-state index contributed by atoms with van der Waals surface area (Å²) in [6.45, 7) is 3.91. The molecule has 0 aliphatic carbocycles. The third kappa shape index (κ3) is 138. The Balaban J connectivity index is -0.000000157. The number of hydrogen-bond acceptors (Lipinski definition) is 43. The van der Waals surface area contributed by atoms with Gasteiger partial charge in [-0.1, -0.05) is 72.1 Å². The number of carbonyl (C=O) groups excluding carboxylic acids is 19. The van der Waals surface area contributed by atoms with Crippen molar-refractivity contribution in [1.82, 2.24) is 16.0 Å². The lowest BCUT2D eigenvalue weighted by Crippen LogP contribution is -2.27. The Bertz CT molecular complexity index is 2650. The van der Waals surface area contributed by atoms with E-state index in [1.807, 2.05) is 6.92 Å². The van der Waals surface area contributed by atoms with Crippen molar-refractivity contribution in [1.29, 1.82) is 0 Å². The largest absolute Gasteiger partial charge is 0.469 e. The molecule has 0 heterocycles. The van der Waals surface area contributed by atoms with E-state index in [1.54, 1.807) is 14.0 Å². The molecule has 0 saturated heterocycles. The Morgan fingerprint density at radius 1 is 0.212 bits per heavy atom. The van der Waals surface area contributed by atoms with Gasteiger partial charge in [0.15, 0.2) is 23.1 Å². The summed E-state index contributed by atoms with van der Waals surface area (Å²) < 4.78 is 64.3. The Hall–Kier alpha value is -9.59. The van der Waals surface area contributed by atoms with Gasteiger partial charge in [-0.3, -0.25) is 57.5 Å². The number of carbonyl (C=O) groups is 19. The van der Waals surface area contributed by atoms with Crippen molar-refractivity contribution in [3.63, 3.8) is 0 Å². The number of methoxy groups -OCH3 is 5. The number of hydrogen-bond donors (Lipinski definition) is 13. The van der Waals surface area contributed by atoms with Crippen LogP contribution in [0.1, 0.15) is 239 Å². The van der Waals surface area contributed by atoms with Crippen LogP contribution in [-0.4, -0.2) is 365 Å². The molecule has 0 bridgehead atoms. The quantitative estimate of drug-likeness (QED) is 0.0232. The fraction of sp³-hybridized carbons (Fsp3) is 0.779.